The van der Waals surface area contributed by atoms with Crippen molar-refractivity contribution in [3.05, 3.63) is 94.8 Å². The smallest absolute Gasteiger partial charge is 0.175 e. The third-order valence-electron chi connectivity index (χ3n) is 4.91. The number of hydrogen-bond acceptors (Lipinski definition) is 4. The van der Waals surface area contributed by atoms with Crippen molar-refractivity contribution >= 4 is 23.3 Å². The molecule has 3 aromatic carbocycles. The highest BCUT2D eigenvalue weighted by Gasteiger charge is 2.15. The summed E-state index contributed by atoms with van der Waals surface area (Å²) in [6.07, 6.45) is -0.630. The Morgan fingerprint density at radius 2 is 1.47 bits per heavy atom. The minimum Gasteiger partial charge on any atom is -0.489 e. The van der Waals surface area contributed by atoms with Crippen LogP contribution in [0, 0.1) is 4.77 Å². The van der Waals surface area contributed by atoms with Crippen LogP contribution in [0.2, 0.25) is 0 Å². The van der Waals surface area contributed by atoms with Gasteiger partial charge >= 0.3 is 0 Å². The summed E-state index contributed by atoms with van der Waals surface area (Å²) in [7, 11) is 0. The van der Waals surface area contributed by atoms with E-state index in [0.29, 0.717) is 17.1 Å². The van der Waals surface area contributed by atoms with Crippen LogP contribution in [0.15, 0.2) is 78.9 Å². The largest absolute Gasteiger partial charge is 0.489 e. The molecule has 0 saturated heterocycles. The molecule has 0 saturated carbocycles. The van der Waals surface area contributed by atoms with Crippen molar-refractivity contribution in [3.63, 3.8) is 0 Å². The summed E-state index contributed by atoms with van der Waals surface area (Å²) in [6.45, 7) is 2.22. The number of rotatable bonds is 9. The highest BCUT2D eigenvalue weighted by molar-refractivity contribution is 7.71. The fourth-order valence-electron chi connectivity index (χ4n) is 3.56. The molecule has 6 heteroatoms. The highest BCUT2D eigenvalue weighted by Crippen LogP contribution is 2.23. The van der Waals surface area contributed by atoms with Crippen molar-refractivity contribution in [1.29, 1.82) is 0 Å². The molecule has 4 aromatic rings. The summed E-state index contributed by atoms with van der Waals surface area (Å²) in [4.78, 5) is 8.42. The molecule has 0 aliphatic heterocycles. The zero-order chi connectivity index (χ0) is 20.8. The lowest BCUT2D eigenvalue weighted by molar-refractivity contribution is 0.0633. The number of nitrogens with zero attached hydrogens (tertiary/aromatic N) is 1. The van der Waals surface area contributed by atoms with E-state index in [-0.39, 0.29) is 6.61 Å². The molecule has 0 aliphatic carbocycles. The number of imidazole rings is 1. The molecule has 3 N–H and O–H groups in total. The monoisotopic (exact) mass is 419 g/mol. The molecule has 1 atom stereocenters. The van der Waals surface area contributed by atoms with Gasteiger partial charge in [-0.25, -0.2) is 0 Å². The molecule has 0 fully saturated rings. The maximum Gasteiger partial charge on any atom is 0.175 e. The molecule has 1 aromatic heterocycles. The number of nitrogens with one attached hydrogen (secondary N) is 2. The first kappa shape index (κ1) is 20.3. The predicted octanol–water partition coefficient (Wildman–Crippen LogP) is 4.67. The van der Waals surface area contributed by atoms with Crippen LogP contribution in [0.4, 0.5) is 0 Å². The zero-order valence-corrected chi connectivity index (χ0v) is 17.4. The van der Waals surface area contributed by atoms with Crippen LogP contribution in [0.3, 0.4) is 0 Å². The van der Waals surface area contributed by atoms with Crippen molar-refractivity contribution < 1.29 is 9.84 Å². The van der Waals surface area contributed by atoms with Gasteiger partial charge in [-0.1, -0.05) is 66.7 Å². The number of aromatic nitrogens is 2. The number of H-pyrrole nitrogens is 2. The Hall–Kier alpha value is -2.93. The van der Waals surface area contributed by atoms with Gasteiger partial charge in [-0.3, -0.25) is 4.90 Å². The van der Waals surface area contributed by atoms with Crippen LogP contribution in [0.25, 0.3) is 11.0 Å². The lowest BCUT2D eigenvalue weighted by Crippen LogP contribution is -2.35. The summed E-state index contributed by atoms with van der Waals surface area (Å²) >= 11 is 5.17. The van der Waals surface area contributed by atoms with Gasteiger partial charge in [-0.2, -0.15) is 0 Å². The highest BCUT2D eigenvalue weighted by atomic mass is 32.1. The predicted molar refractivity (Wildman–Crippen MR) is 122 cm³/mol. The Labute approximate surface area is 181 Å². The second kappa shape index (κ2) is 9.71. The molecule has 0 amide bonds. The van der Waals surface area contributed by atoms with Gasteiger partial charge < -0.3 is 19.8 Å². The average molecular weight is 420 g/mol. The molecule has 30 heavy (non-hydrogen) atoms. The van der Waals surface area contributed by atoms with E-state index in [4.69, 9.17) is 17.0 Å². The van der Waals surface area contributed by atoms with Crippen molar-refractivity contribution in [2.75, 3.05) is 13.2 Å². The first-order valence-electron chi connectivity index (χ1n) is 9.99. The number of aromatic amines is 2. The fraction of sp³-hybridized carbons (Fsp3) is 0.208. The lowest BCUT2D eigenvalue weighted by atomic mass is 10.1. The SMILES string of the molecule is O[C@H](COc1cccc2[nH]c(=S)[nH]c12)CN(Cc1ccccc1)Cc1ccccc1. The van der Waals surface area contributed by atoms with E-state index in [1.807, 2.05) is 54.6 Å². The molecule has 0 aliphatic rings. The normalized spacial score (nSPS) is 12.3. The van der Waals surface area contributed by atoms with E-state index in [9.17, 15) is 5.11 Å². The van der Waals surface area contributed by atoms with Crippen LogP contribution < -0.4 is 4.74 Å². The first-order valence-corrected chi connectivity index (χ1v) is 10.4. The topological polar surface area (TPSA) is 64.3 Å². The van der Waals surface area contributed by atoms with Crippen LogP contribution in [-0.4, -0.2) is 39.2 Å². The number of hydrogen-bond donors (Lipinski definition) is 3. The number of aliphatic hydroxyl groups excluding tert-OH is 1. The molecule has 0 unspecified atom stereocenters. The maximum absolute atomic E-state index is 10.7. The number of benzene rings is 3. The average Bonchev–Trinajstić information content (AvgIpc) is 3.14. The summed E-state index contributed by atoms with van der Waals surface area (Å²) in [5.41, 5.74) is 4.14. The molecule has 154 valence electrons. The summed E-state index contributed by atoms with van der Waals surface area (Å²) in [5, 5.41) is 10.7. The van der Waals surface area contributed by atoms with Crippen LogP contribution in [-0.2, 0) is 13.1 Å². The van der Waals surface area contributed by atoms with Crippen molar-refractivity contribution in [1.82, 2.24) is 14.9 Å². The van der Waals surface area contributed by atoms with E-state index in [0.717, 1.165) is 24.1 Å². The Balaban J connectivity index is 1.42. The summed E-state index contributed by atoms with van der Waals surface area (Å²) in [5.74, 6) is 0.677. The van der Waals surface area contributed by atoms with Gasteiger partial charge in [0, 0.05) is 19.6 Å². The first-order chi connectivity index (χ1) is 14.7. The number of fused-ring (bicyclic) bond motifs is 1. The Morgan fingerprint density at radius 3 is 2.10 bits per heavy atom. The Morgan fingerprint density at radius 1 is 0.833 bits per heavy atom. The molecule has 0 bridgehead atoms. The summed E-state index contributed by atoms with van der Waals surface area (Å²) in [6, 6.07) is 26.3. The van der Waals surface area contributed by atoms with Gasteiger partial charge in [0.1, 0.15) is 24.0 Å². The van der Waals surface area contributed by atoms with Crippen molar-refractivity contribution in [3.8, 4) is 5.75 Å². The van der Waals surface area contributed by atoms with E-state index >= 15 is 0 Å². The molecular weight excluding hydrogens is 394 g/mol. The number of ether oxygens (including phenoxy) is 1. The van der Waals surface area contributed by atoms with E-state index in [2.05, 4.69) is 39.1 Å². The summed E-state index contributed by atoms with van der Waals surface area (Å²) < 4.78 is 6.48. The minimum atomic E-state index is -0.630. The van der Waals surface area contributed by atoms with Gasteiger partial charge in [0.15, 0.2) is 4.77 Å². The Bertz CT molecular complexity index is 1080. The van der Waals surface area contributed by atoms with E-state index < -0.39 is 6.10 Å². The van der Waals surface area contributed by atoms with Crippen LogP contribution in [0.1, 0.15) is 11.1 Å². The number of aliphatic hydroxyl groups is 1. The van der Waals surface area contributed by atoms with Crippen LogP contribution in [0.5, 0.6) is 5.75 Å². The minimum absolute atomic E-state index is 0.199. The lowest BCUT2D eigenvalue weighted by Gasteiger charge is -2.25. The molecule has 1 heterocycles. The second-order valence-corrected chi connectivity index (χ2v) is 7.77. The number of para-hydroxylation sites is 1. The third-order valence-corrected chi connectivity index (χ3v) is 5.12. The van der Waals surface area contributed by atoms with E-state index in [1.165, 1.54) is 11.1 Å². The standard InChI is InChI=1S/C24H25N3O2S/c28-20(17-29-22-13-7-12-21-23(22)26-24(30)25-21)16-27(14-18-8-3-1-4-9-18)15-19-10-5-2-6-11-19/h1-13,20,28H,14-17H2,(H2,25,26,30)/t20-/m0/s1. The van der Waals surface area contributed by atoms with Gasteiger partial charge in [0.25, 0.3) is 0 Å². The van der Waals surface area contributed by atoms with Gasteiger partial charge in [-0.15, -0.1) is 0 Å². The molecule has 0 spiro atoms. The quantitative estimate of drug-likeness (QED) is 0.345. The second-order valence-electron chi connectivity index (χ2n) is 7.36. The third kappa shape index (κ3) is 5.36. The molecular formula is C24H25N3O2S. The molecule has 4 rings (SSSR count). The van der Waals surface area contributed by atoms with E-state index in [1.54, 1.807) is 0 Å². The fourth-order valence-corrected chi connectivity index (χ4v) is 3.77. The maximum atomic E-state index is 10.7. The van der Waals surface area contributed by atoms with Crippen molar-refractivity contribution in [2.45, 2.75) is 19.2 Å². The van der Waals surface area contributed by atoms with Gasteiger partial charge in [-0.05, 0) is 35.5 Å². The van der Waals surface area contributed by atoms with Gasteiger partial charge in [0.05, 0.1) is 5.52 Å². The van der Waals surface area contributed by atoms with Crippen molar-refractivity contribution in [2.24, 2.45) is 0 Å². The Kier molecular flexibility index (Phi) is 6.59. The zero-order valence-electron chi connectivity index (χ0n) is 16.6. The molecule has 5 nitrogen and oxygen atoms in total. The molecule has 0 radical (unpaired) electrons. The van der Waals surface area contributed by atoms with Crippen LogP contribution >= 0.6 is 12.2 Å². The van der Waals surface area contributed by atoms with Gasteiger partial charge in [0.2, 0.25) is 0 Å².